The summed E-state index contributed by atoms with van der Waals surface area (Å²) in [5.74, 6) is 0.719. The van der Waals surface area contributed by atoms with Crippen molar-refractivity contribution in [1.82, 2.24) is 0 Å². The number of nitrogens with one attached hydrogen (secondary N) is 1. The van der Waals surface area contributed by atoms with Gasteiger partial charge in [0.1, 0.15) is 5.75 Å². The lowest BCUT2D eigenvalue weighted by Crippen LogP contribution is -2.05. The van der Waals surface area contributed by atoms with E-state index in [2.05, 4.69) is 36.5 Å². The molecule has 1 unspecified atom stereocenters. The summed E-state index contributed by atoms with van der Waals surface area (Å²) >= 11 is 6.19. The van der Waals surface area contributed by atoms with Crippen LogP contribution >= 0.6 is 11.6 Å². The third-order valence-electron chi connectivity index (χ3n) is 3.59. The lowest BCUT2D eigenvalue weighted by molar-refractivity contribution is 0.415. The van der Waals surface area contributed by atoms with Crippen molar-refractivity contribution in [2.24, 2.45) is 0 Å². The Labute approximate surface area is 118 Å². The maximum Gasteiger partial charge on any atom is 0.137 e. The van der Waals surface area contributed by atoms with E-state index in [1.165, 1.54) is 22.4 Å². The average molecular weight is 274 g/mol. The molecule has 2 nitrogen and oxygen atoms in total. The van der Waals surface area contributed by atoms with Crippen LogP contribution in [0.15, 0.2) is 36.4 Å². The quantitative estimate of drug-likeness (QED) is 0.877. The molecule has 3 rings (SSSR count). The maximum atomic E-state index is 6.19. The molecule has 1 aliphatic rings. The molecule has 1 heterocycles. The fourth-order valence-corrected chi connectivity index (χ4v) is 2.86. The molecule has 3 heteroatoms. The van der Waals surface area contributed by atoms with Gasteiger partial charge in [0, 0.05) is 5.69 Å². The number of hydrogen-bond donors (Lipinski definition) is 1. The molecule has 0 bridgehead atoms. The summed E-state index contributed by atoms with van der Waals surface area (Å²) in [6.45, 7) is 2.12. The predicted octanol–water partition coefficient (Wildman–Crippen LogP) is 4.37. The zero-order valence-corrected chi connectivity index (χ0v) is 11.8. The van der Waals surface area contributed by atoms with E-state index in [4.69, 9.17) is 16.3 Å². The molecule has 0 fully saturated rings. The van der Waals surface area contributed by atoms with Crippen LogP contribution < -0.4 is 10.1 Å². The molecule has 0 aliphatic carbocycles. The van der Waals surface area contributed by atoms with Crippen molar-refractivity contribution in [1.29, 1.82) is 0 Å². The first-order valence-electron chi connectivity index (χ1n) is 6.37. The summed E-state index contributed by atoms with van der Waals surface area (Å²) in [5, 5.41) is 4.20. The van der Waals surface area contributed by atoms with Crippen molar-refractivity contribution in [3.05, 3.63) is 58.1 Å². The molecule has 0 radical (unpaired) electrons. The fraction of sp³-hybridized carbons (Fsp3) is 0.250. The molecular formula is C16H16ClNO. The number of benzene rings is 2. The molecule has 0 aromatic heterocycles. The van der Waals surface area contributed by atoms with Crippen LogP contribution in [-0.4, -0.2) is 7.11 Å². The Hall–Kier alpha value is -1.67. The molecule has 0 amide bonds. The van der Waals surface area contributed by atoms with E-state index >= 15 is 0 Å². The van der Waals surface area contributed by atoms with Crippen LogP contribution in [0.1, 0.15) is 22.7 Å². The van der Waals surface area contributed by atoms with E-state index < -0.39 is 0 Å². The van der Waals surface area contributed by atoms with E-state index in [1.807, 2.05) is 12.1 Å². The van der Waals surface area contributed by atoms with Gasteiger partial charge in [-0.15, -0.1) is 0 Å². The second kappa shape index (κ2) is 4.78. The molecule has 98 valence electrons. The smallest absolute Gasteiger partial charge is 0.137 e. The normalized spacial score (nSPS) is 16.9. The predicted molar refractivity (Wildman–Crippen MR) is 79.3 cm³/mol. The third kappa shape index (κ3) is 2.28. The summed E-state index contributed by atoms with van der Waals surface area (Å²) in [6.07, 6.45) is 1.000. The number of halogens is 1. The van der Waals surface area contributed by atoms with Gasteiger partial charge in [0.2, 0.25) is 0 Å². The molecule has 0 spiro atoms. The summed E-state index contributed by atoms with van der Waals surface area (Å²) in [6, 6.07) is 12.8. The summed E-state index contributed by atoms with van der Waals surface area (Å²) in [5.41, 5.74) is 5.09. The highest BCUT2D eigenvalue weighted by atomic mass is 35.5. The fourth-order valence-electron chi connectivity index (χ4n) is 2.59. The molecule has 1 aliphatic heterocycles. The maximum absolute atomic E-state index is 6.19. The average Bonchev–Trinajstić information content (AvgIpc) is 2.81. The Kier molecular flexibility index (Phi) is 3.11. The molecule has 1 atom stereocenters. The van der Waals surface area contributed by atoms with E-state index in [-0.39, 0.29) is 0 Å². The van der Waals surface area contributed by atoms with Crippen LogP contribution in [0.4, 0.5) is 5.69 Å². The zero-order valence-electron chi connectivity index (χ0n) is 11.0. The van der Waals surface area contributed by atoms with Gasteiger partial charge in [-0.3, -0.25) is 0 Å². The summed E-state index contributed by atoms with van der Waals surface area (Å²) in [4.78, 5) is 0. The Morgan fingerprint density at radius 2 is 2.05 bits per heavy atom. The second-order valence-corrected chi connectivity index (χ2v) is 5.36. The van der Waals surface area contributed by atoms with Crippen LogP contribution in [0.5, 0.6) is 5.75 Å². The Bertz CT molecular complexity index is 624. The largest absolute Gasteiger partial charge is 0.495 e. The van der Waals surface area contributed by atoms with Crippen molar-refractivity contribution in [3.8, 4) is 5.75 Å². The highest BCUT2D eigenvalue weighted by molar-refractivity contribution is 6.32. The summed E-state index contributed by atoms with van der Waals surface area (Å²) in [7, 11) is 1.63. The van der Waals surface area contributed by atoms with Crippen LogP contribution in [0, 0.1) is 6.92 Å². The Morgan fingerprint density at radius 3 is 2.79 bits per heavy atom. The number of fused-ring (bicyclic) bond motifs is 1. The second-order valence-electron chi connectivity index (χ2n) is 4.96. The number of rotatable bonds is 2. The molecular weight excluding hydrogens is 258 g/mol. The minimum atomic E-state index is 0.292. The first kappa shape index (κ1) is 12.4. The van der Waals surface area contributed by atoms with E-state index in [1.54, 1.807) is 7.11 Å². The van der Waals surface area contributed by atoms with Crippen LogP contribution in [0.3, 0.4) is 0 Å². The van der Waals surface area contributed by atoms with Gasteiger partial charge >= 0.3 is 0 Å². The number of methoxy groups -OCH3 is 1. The standard InChI is InChI=1S/C16H16ClNO/c1-10-3-5-14-12(7-10)9-15(18-14)11-4-6-16(19-2)13(17)8-11/h3-8,15,18H,9H2,1-2H3. The van der Waals surface area contributed by atoms with Gasteiger partial charge in [0.15, 0.2) is 0 Å². The summed E-state index contributed by atoms with van der Waals surface area (Å²) < 4.78 is 5.19. The number of hydrogen-bond acceptors (Lipinski definition) is 2. The topological polar surface area (TPSA) is 21.3 Å². The lowest BCUT2D eigenvalue weighted by atomic mass is 10.0. The van der Waals surface area contributed by atoms with Crippen LogP contribution in [0.25, 0.3) is 0 Å². The molecule has 2 aromatic rings. The Balaban J connectivity index is 1.88. The Morgan fingerprint density at radius 1 is 1.21 bits per heavy atom. The number of ether oxygens (including phenoxy) is 1. The highest BCUT2D eigenvalue weighted by Gasteiger charge is 2.22. The third-order valence-corrected chi connectivity index (χ3v) is 3.89. The van der Waals surface area contributed by atoms with Gasteiger partial charge in [-0.1, -0.05) is 35.4 Å². The van der Waals surface area contributed by atoms with Gasteiger partial charge in [-0.05, 0) is 42.7 Å². The minimum Gasteiger partial charge on any atom is -0.495 e. The van der Waals surface area contributed by atoms with E-state index in [0.717, 1.165) is 12.2 Å². The van der Waals surface area contributed by atoms with Gasteiger partial charge in [0.05, 0.1) is 18.2 Å². The van der Waals surface area contributed by atoms with Crippen molar-refractivity contribution >= 4 is 17.3 Å². The zero-order chi connectivity index (χ0) is 13.4. The van der Waals surface area contributed by atoms with Gasteiger partial charge in [0.25, 0.3) is 0 Å². The lowest BCUT2D eigenvalue weighted by Gasteiger charge is -2.13. The number of aryl methyl sites for hydroxylation is 1. The SMILES string of the molecule is COc1ccc(C2Cc3cc(C)ccc3N2)cc1Cl. The molecule has 0 saturated carbocycles. The first-order chi connectivity index (χ1) is 9.17. The van der Waals surface area contributed by atoms with E-state index in [0.29, 0.717) is 11.1 Å². The van der Waals surface area contributed by atoms with Crippen LogP contribution in [0.2, 0.25) is 5.02 Å². The first-order valence-corrected chi connectivity index (χ1v) is 6.74. The van der Waals surface area contributed by atoms with Crippen molar-refractivity contribution in [3.63, 3.8) is 0 Å². The molecule has 1 N–H and O–H groups in total. The van der Waals surface area contributed by atoms with Gasteiger partial charge < -0.3 is 10.1 Å². The van der Waals surface area contributed by atoms with E-state index in [9.17, 15) is 0 Å². The minimum absolute atomic E-state index is 0.292. The van der Waals surface area contributed by atoms with Crippen molar-refractivity contribution in [2.45, 2.75) is 19.4 Å². The monoisotopic (exact) mass is 273 g/mol. The van der Waals surface area contributed by atoms with Crippen molar-refractivity contribution < 1.29 is 4.74 Å². The molecule has 2 aromatic carbocycles. The molecule has 19 heavy (non-hydrogen) atoms. The number of anilines is 1. The van der Waals surface area contributed by atoms with Gasteiger partial charge in [-0.25, -0.2) is 0 Å². The van der Waals surface area contributed by atoms with Crippen LogP contribution in [-0.2, 0) is 6.42 Å². The van der Waals surface area contributed by atoms with Crippen molar-refractivity contribution in [2.75, 3.05) is 12.4 Å². The molecule has 0 saturated heterocycles. The highest BCUT2D eigenvalue weighted by Crippen LogP contribution is 2.36. The van der Waals surface area contributed by atoms with Gasteiger partial charge in [-0.2, -0.15) is 0 Å².